The Morgan fingerprint density at radius 2 is 1.90 bits per heavy atom. The molecular weight excluding hydrogens is 370 g/mol. The van der Waals surface area contributed by atoms with Gasteiger partial charge in [-0.15, -0.1) is 0 Å². The highest BCUT2D eigenvalue weighted by Gasteiger charge is 2.33. The molecule has 1 aliphatic carbocycles. The molecule has 1 amide bonds. The third-order valence-electron chi connectivity index (χ3n) is 4.97. The van der Waals surface area contributed by atoms with Crippen molar-refractivity contribution in [1.29, 1.82) is 0 Å². The Labute approximate surface area is 170 Å². The summed E-state index contributed by atoms with van der Waals surface area (Å²) in [5.74, 6) is 0.133. The highest BCUT2D eigenvalue weighted by molar-refractivity contribution is 5.88. The van der Waals surface area contributed by atoms with Gasteiger partial charge in [-0.2, -0.15) is 4.98 Å². The van der Waals surface area contributed by atoms with Crippen LogP contribution in [0, 0.1) is 12.8 Å². The third kappa shape index (κ3) is 5.22. The number of carboxylic acids is 1. The number of rotatable bonds is 7. The van der Waals surface area contributed by atoms with Crippen LogP contribution in [-0.4, -0.2) is 39.0 Å². The zero-order chi connectivity index (χ0) is 21.0. The molecule has 0 spiro atoms. The Balaban J connectivity index is 1.71. The van der Waals surface area contributed by atoms with Crippen LogP contribution in [-0.2, 0) is 4.79 Å². The van der Waals surface area contributed by atoms with E-state index in [1.165, 1.54) is 12.1 Å². The summed E-state index contributed by atoms with van der Waals surface area (Å²) < 4.78 is 0. The molecule has 2 aromatic rings. The Kier molecular flexibility index (Phi) is 6.31. The van der Waals surface area contributed by atoms with Gasteiger partial charge < -0.3 is 21.1 Å². The molecule has 3 rings (SSSR count). The van der Waals surface area contributed by atoms with Gasteiger partial charge in [0.15, 0.2) is 0 Å². The minimum absolute atomic E-state index is 0.0325. The maximum Gasteiger partial charge on any atom is 0.335 e. The first-order chi connectivity index (χ1) is 13.8. The minimum atomic E-state index is -0.970. The van der Waals surface area contributed by atoms with Crippen LogP contribution in [0.2, 0.25) is 0 Å². The van der Waals surface area contributed by atoms with Crippen molar-refractivity contribution < 1.29 is 14.7 Å². The van der Waals surface area contributed by atoms with E-state index in [2.05, 4.69) is 25.9 Å². The maximum atomic E-state index is 12.5. The number of amides is 1. The molecule has 1 aromatic heterocycles. The van der Waals surface area contributed by atoms with Gasteiger partial charge in [0.05, 0.1) is 11.5 Å². The molecule has 4 N–H and O–H groups in total. The first-order valence-corrected chi connectivity index (χ1v) is 9.84. The number of carbonyl (C=O) groups excluding carboxylic acids is 1. The number of aryl methyl sites for hydroxylation is 1. The Bertz CT molecular complexity index is 882. The normalized spacial score (nSPS) is 18.5. The summed E-state index contributed by atoms with van der Waals surface area (Å²) in [6.45, 7) is 5.85. The fourth-order valence-corrected chi connectivity index (χ4v) is 3.49. The highest BCUT2D eigenvalue weighted by Crippen LogP contribution is 2.29. The van der Waals surface area contributed by atoms with E-state index in [4.69, 9.17) is 5.11 Å². The summed E-state index contributed by atoms with van der Waals surface area (Å²) in [7, 11) is 0. The number of aromatic carboxylic acids is 1. The number of carbonyl (C=O) groups is 2. The molecule has 1 fully saturated rings. The summed E-state index contributed by atoms with van der Waals surface area (Å²) in [5.41, 5.74) is 1.81. The molecule has 2 unspecified atom stereocenters. The standard InChI is InChI=1S/C21H27N5O3/c1-12(2)23-19(27)16-5-4-6-17(16)25-18-13(3)11-22-21(26-18)24-15-9-7-14(8-10-15)20(28)29/h7-12,16-17H,4-6H2,1-3H3,(H,23,27)(H,28,29)(H2,22,24,25,26). The second-order valence-corrected chi connectivity index (χ2v) is 7.68. The molecule has 0 saturated heterocycles. The van der Waals surface area contributed by atoms with Gasteiger partial charge in [-0.1, -0.05) is 6.42 Å². The van der Waals surface area contributed by atoms with Gasteiger partial charge in [-0.3, -0.25) is 4.79 Å². The van der Waals surface area contributed by atoms with Crippen molar-refractivity contribution in [2.24, 2.45) is 5.92 Å². The Morgan fingerprint density at radius 3 is 2.55 bits per heavy atom. The molecule has 0 aliphatic heterocycles. The van der Waals surface area contributed by atoms with E-state index in [1.54, 1.807) is 18.3 Å². The van der Waals surface area contributed by atoms with Crippen LogP contribution < -0.4 is 16.0 Å². The predicted octanol–water partition coefficient (Wildman–Crippen LogP) is 3.33. The topological polar surface area (TPSA) is 116 Å². The van der Waals surface area contributed by atoms with Crippen molar-refractivity contribution in [2.75, 3.05) is 10.6 Å². The lowest BCUT2D eigenvalue weighted by Gasteiger charge is -2.23. The Morgan fingerprint density at radius 1 is 1.17 bits per heavy atom. The molecule has 8 nitrogen and oxygen atoms in total. The van der Waals surface area contributed by atoms with Gasteiger partial charge in [-0.05, 0) is 57.9 Å². The van der Waals surface area contributed by atoms with E-state index < -0.39 is 5.97 Å². The summed E-state index contributed by atoms with van der Waals surface area (Å²) in [4.78, 5) is 32.3. The zero-order valence-corrected chi connectivity index (χ0v) is 16.9. The van der Waals surface area contributed by atoms with Gasteiger partial charge in [0.1, 0.15) is 5.82 Å². The molecule has 29 heavy (non-hydrogen) atoms. The number of anilines is 3. The van der Waals surface area contributed by atoms with Crippen LogP contribution in [0.4, 0.5) is 17.5 Å². The maximum absolute atomic E-state index is 12.5. The lowest BCUT2D eigenvalue weighted by molar-refractivity contribution is -0.125. The first kappa shape index (κ1) is 20.6. The van der Waals surface area contributed by atoms with Crippen LogP contribution in [0.25, 0.3) is 0 Å². The van der Waals surface area contributed by atoms with Crippen molar-refractivity contribution in [3.05, 3.63) is 41.6 Å². The molecule has 8 heteroatoms. The van der Waals surface area contributed by atoms with Crippen LogP contribution in [0.3, 0.4) is 0 Å². The molecule has 1 aliphatic rings. The summed E-state index contributed by atoms with van der Waals surface area (Å²) in [6.07, 6.45) is 4.50. The lowest BCUT2D eigenvalue weighted by atomic mass is 10.0. The third-order valence-corrected chi connectivity index (χ3v) is 4.97. The van der Waals surface area contributed by atoms with Crippen LogP contribution in [0.1, 0.15) is 49.0 Å². The van der Waals surface area contributed by atoms with E-state index in [1.807, 2.05) is 20.8 Å². The smallest absolute Gasteiger partial charge is 0.335 e. The number of carboxylic acid groups (broad SMARTS) is 1. The molecule has 1 saturated carbocycles. The van der Waals surface area contributed by atoms with Crippen LogP contribution in [0.5, 0.6) is 0 Å². The zero-order valence-electron chi connectivity index (χ0n) is 16.9. The van der Waals surface area contributed by atoms with Gasteiger partial charge in [-0.25, -0.2) is 9.78 Å². The van der Waals surface area contributed by atoms with E-state index in [0.29, 0.717) is 17.5 Å². The highest BCUT2D eigenvalue weighted by atomic mass is 16.4. The summed E-state index contributed by atoms with van der Waals surface area (Å²) in [5, 5.41) is 18.5. The molecule has 0 bridgehead atoms. The van der Waals surface area contributed by atoms with Crippen LogP contribution >= 0.6 is 0 Å². The van der Waals surface area contributed by atoms with E-state index in [0.717, 1.165) is 24.8 Å². The minimum Gasteiger partial charge on any atom is -0.478 e. The number of hydrogen-bond acceptors (Lipinski definition) is 6. The second kappa shape index (κ2) is 8.89. The van der Waals surface area contributed by atoms with Crippen LogP contribution in [0.15, 0.2) is 30.5 Å². The Hall–Kier alpha value is -3.16. The average Bonchev–Trinajstić information content (AvgIpc) is 3.13. The van der Waals surface area contributed by atoms with Crippen molar-refractivity contribution in [3.8, 4) is 0 Å². The number of aromatic nitrogens is 2. The molecule has 154 valence electrons. The van der Waals surface area contributed by atoms with Gasteiger partial charge in [0.25, 0.3) is 0 Å². The van der Waals surface area contributed by atoms with Crippen molar-refractivity contribution in [2.45, 2.75) is 52.1 Å². The predicted molar refractivity (Wildman–Crippen MR) is 111 cm³/mol. The second-order valence-electron chi connectivity index (χ2n) is 7.68. The largest absolute Gasteiger partial charge is 0.478 e. The fraction of sp³-hybridized carbons (Fsp3) is 0.429. The van der Waals surface area contributed by atoms with Crippen molar-refractivity contribution >= 4 is 29.3 Å². The van der Waals surface area contributed by atoms with Gasteiger partial charge in [0.2, 0.25) is 11.9 Å². The first-order valence-electron chi connectivity index (χ1n) is 9.84. The summed E-state index contributed by atoms with van der Waals surface area (Å²) in [6, 6.07) is 6.53. The number of nitrogens with zero attached hydrogens (tertiary/aromatic N) is 2. The molecule has 2 atom stereocenters. The van der Waals surface area contributed by atoms with E-state index in [9.17, 15) is 9.59 Å². The van der Waals surface area contributed by atoms with Crippen molar-refractivity contribution in [1.82, 2.24) is 15.3 Å². The molecule has 1 heterocycles. The number of hydrogen-bond donors (Lipinski definition) is 4. The lowest BCUT2D eigenvalue weighted by Crippen LogP contribution is -2.41. The molecule has 1 aromatic carbocycles. The quantitative estimate of drug-likeness (QED) is 0.566. The van der Waals surface area contributed by atoms with E-state index >= 15 is 0 Å². The van der Waals surface area contributed by atoms with Crippen molar-refractivity contribution in [3.63, 3.8) is 0 Å². The average molecular weight is 397 g/mol. The van der Waals surface area contributed by atoms with Gasteiger partial charge >= 0.3 is 5.97 Å². The van der Waals surface area contributed by atoms with E-state index in [-0.39, 0.29) is 29.5 Å². The number of benzene rings is 1. The summed E-state index contributed by atoms with van der Waals surface area (Å²) >= 11 is 0. The van der Waals surface area contributed by atoms with Gasteiger partial charge in [0, 0.05) is 29.5 Å². The monoisotopic (exact) mass is 397 g/mol. The SMILES string of the molecule is Cc1cnc(Nc2ccc(C(=O)O)cc2)nc1NC1CCCC1C(=O)NC(C)C. The molecule has 0 radical (unpaired) electrons. The molecular formula is C21H27N5O3. The fourth-order valence-electron chi connectivity index (χ4n) is 3.49. The number of nitrogens with one attached hydrogen (secondary N) is 3.